The predicted molar refractivity (Wildman–Crippen MR) is 78.4 cm³/mol. The summed E-state index contributed by atoms with van der Waals surface area (Å²) in [6, 6.07) is 16.4. The van der Waals surface area contributed by atoms with Crippen LogP contribution in [0.2, 0.25) is 0 Å². The summed E-state index contributed by atoms with van der Waals surface area (Å²) in [5, 5.41) is 13.2. The monoisotopic (exact) mass is 264 g/mol. The number of carbonyl (C=O) groups is 1. The van der Waals surface area contributed by atoms with Crippen molar-refractivity contribution >= 4 is 28.2 Å². The molecule has 2 N–H and O–H groups in total. The summed E-state index contributed by atoms with van der Waals surface area (Å²) in [6.07, 6.45) is 1.73. The fourth-order valence-electron chi connectivity index (χ4n) is 2.09. The molecular weight excluding hydrogens is 252 g/mol. The third-order valence-electron chi connectivity index (χ3n) is 3.04. The second-order valence-electron chi connectivity index (χ2n) is 4.39. The highest BCUT2D eigenvalue weighted by Crippen LogP contribution is 2.25. The maximum Gasteiger partial charge on any atom is 0.335 e. The Morgan fingerprint density at radius 2 is 1.90 bits per heavy atom. The third kappa shape index (κ3) is 2.31. The number of aromatic carboxylic acids is 1. The molecule has 0 bridgehead atoms. The van der Waals surface area contributed by atoms with Crippen LogP contribution < -0.4 is 5.32 Å². The summed E-state index contributed by atoms with van der Waals surface area (Å²) in [6.45, 7) is 0. The zero-order valence-electron chi connectivity index (χ0n) is 10.6. The topological polar surface area (TPSA) is 62.2 Å². The molecule has 0 amide bonds. The van der Waals surface area contributed by atoms with Gasteiger partial charge in [0.15, 0.2) is 0 Å². The lowest BCUT2D eigenvalue weighted by molar-refractivity contribution is 0.0697. The number of carboxylic acid groups (broad SMARTS) is 1. The van der Waals surface area contributed by atoms with Gasteiger partial charge in [0.25, 0.3) is 0 Å². The van der Waals surface area contributed by atoms with E-state index in [0.29, 0.717) is 0 Å². The number of aromatic nitrogens is 1. The number of para-hydroxylation sites is 1. The molecule has 3 rings (SSSR count). The maximum absolute atomic E-state index is 11.0. The summed E-state index contributed by atoms with van der Waals surface area (Å²) in [5.41, 5.74) is 2.79. The number of carboxylic acids is 1. The van der Waals surface area contributed by atoms with E-state index in [-0.39, 0.29) is 5.56 Å². The molecule has 4 nitrogen and oxygen atoms in total. The zero-order valence-corrected chi connectivity index (χ0v) is 10.6. The Morgan fingerprint density at radius 1 is 1.05 bits per heavy atom. The Labute approximate surface area is 115 Å². The number of hydrogen-bond acceptors (Lipinski definition) is 3. The second-order valence-corrected chi connectivity index (χ2v) is 4.39. The van der Waals surface area contributed by atoms with Crippen LogP contribution in [0.15, 0.2) is 60.8 Å². The van der Waals surface area contributed by atoms with E-state index in [0.717, 1.165) is 22.3 Å². The highest BCUT2D eigenvalue weighted by Gasteiger charge is 2.05. The lowest BCUT2D eigenvalue weighted by Gasteiger charge is -2.09. The van der Waals surface area contributed by atoms with Crippen LogP contribution >= 0.6 is 0 Å². The number of benzene rings is 2. The molecule has 98 valence electrons. The largest absolute Gasteiger partial charge is 0.478 e. The third-order valence-corrected chi connectivity index (χ3v) is 3.04. The Hall–Kier alpha value is -2.88. The summed E-state index contributed by atoms with van der Waals surface area (Å²) in [7, 11) is 0. The van der Waals surface area contributed by atoms with E-state index in [2.05, 4.69) is 10.3 Å². The molecule has 1 heterocycles. The van der Waals surface area contributed by atoms with Crippen molar-refractivity contribution in [3.05, 3.63) is 66.4 Å². The molecular formula is C16H12N2O2. The number of hydrogen-bond donors (Lipinski definition) is 2. The Morgan fingerprint density at radius 3 is 2.75 bits per heavy atom. The van der Waals surface area contributed by atoms with Gasteiger partial charge < -0.3 is 10.4 Å². The van der Waals surface area contributed by atoms with Crippen molar-refractivity contribution < 1.29 is 9.90 Å². The van der Waals surface area contributed by atoms with E-state index in [1.54, 1.807) is 24.4 Å². The van der Waals surface area contributed by atoms with Gasteiger partial charge in [0.1, 0.15) is 0 Å². The van der Waals surface area contributed by atoms with Gasteiger partial charge in [-0.1, -0.05) is 24.3 Å². The Bertz CT molecular complexity index is 779. The van der Waals surface area contributed by atoms with Gasteiger partial charge in [0, 0.05) is 23.0 Å². The number of anilines is 2. The molecule has 0 aliphatic carbocycles. The number of pyridine rings is 1. The molecule has 2 aromatic carbocycles. The van der Waals surface area contributed by atoms with Crippen LogP contribution in [0.1, 0.15) is 10.4 Å². The summed E-state index contributed by atoms with van der Waals surface area (Å²) in [4.78, 5) is 15.3. The summed E-state index contributed by atoms with van der Waals surface area (Å²) >= 11 is 0. The predicted octanol–water partition coefficient (Wildman–Crippen LogP) is 3.68. The molecule has 0 fully saturated rings. The van der Waals surface area contributed by atoms with Gasteiger partial charge in [-0.05, 0) is 30.3 Å². The molecule has 0 atom stereocenters. The average molecular weight is 264 g/mol. The molecule has 4 heteroatoms. The van der Waals surface area contributed by atoms with Crippen molar-refractivity contribution in [1.29, 1.82) is 0 Å². The number of rotatable bonds is 3. The molecule has 0 spiro atoms. The first-order valence-corrected chi connectivity index (χ1v) is 6.18. The van der Waals surface area contributed by atoms with Gasteiger partial charge in [-0.15, -0.1) is 0 Å². The standard InChI is InChI=1S/C16H12N2O2/c19-16(20)11-4-3-5-12(10-11)18-15-8-9-17-14-7-2-1-6-13(14)15/h1-10H,(H,17,18)(H,19,20). The molecule has 0 unspecified atom stereocenters. The van der Waals surface area contributed by atoms with Gasteiger partial charge in [0.05, 0.1) is 11.1 Å². The van der Waals surface area contributed by atoms with Crippen LogP contribution in [-0.2, 0) is 0 Å². The van der Waals surface area contributed by atoms with Gasteiger partial charge >= 0.3 is 5.97 Å². The molecule has 0 aliphatic rings. The second kappa shape index (κ2) is 5.01. The number of fused-ring (bicyclic) bond motifs is 1. The first-order chi connectivity index (χ1) is 9.74. The molecule has 1 aromatic heterocycles. The van der Waals surface area contributed by atoms with Gasteiger partial charge in [-0.2, -0.15) is 0 Å². The molecule has 3 aromatic rings. The van der Waals surface area contributed by atoms with Crippen LogP contribution in [0, 0.1) is 0 Å². The Kier molecular flexibility index (Phi) is 3.05. The highest BCUT2D eigenvalue weighted by atomic mass is 16.4. The first kappa shape index (κ1) is 12.2. The fraction of sp³-hybridized carbons (Fsp3) is 0. The number of nitrogens with one attached hydrogen (secondary N) is 1. The quantitative estimate of drug-likeness (QED) is 0.757. The normalized spacial score (nSPS) is 10.4. The van der Waals surface area contributed by atoms with Crippen LogP contribution in [0.25, 0.3) is 10.9 Å². The SMILES string of the molecule is O=C(O)c1cccc(Nc2ccnc3ccccc23)c1. The first-order valence-electron chi connectivity index (χ1n) is 6.18. The fourth-order valence-corrected chi connectivity index (χ4v) is 2.09. The van der Waals surface area contributed by atoms with Gasteiger partial charge in [0.2, 0.25) is 0 Å². The van der Waals surface area contributed by atoms with Crippen LogP contribution in [0.4, 0.5) is 11.4 Å². The lowest BCUT2D eigenvalue weighted by Crippen LogP contribution is -1.98. The molecule has 0 saturated carbocycles. The molecule has 0 saturated heterocycles. The number of nitrogens with zero attached hydrogens (tertiary/aromatic N) is 1. The van der Waals surface area contributed by atoms with E-state index in [1.807, 2.05) is 36.4 Å². The van der Waals surface area contributed by atoms with Crippen molar-refractivity contribution in [3.63, 3.8) is 0 Å². The van der Waals surface area contributed by atoms with E-state index in [9.17, 15) is 4.79 Å². The van der Waals surface area contributed by atoms with Crippen molar-refractivity contribution in [1.82, 2.24) is 4.98 Å². The van der Waals surface area contributed by atoms with Gasteiger partial charge in [-0.3, -0.25) is 4.98 Å². The van der Waals surface area contributed by atoms with E-state index >= 15 is 0 Å². The summed E-state index contributed by atoms with van der Waals surface area (Å²) in [5.74, 6) is -0.937. The van der Waals surface area contributed by atoms with Crippen LogP contribution in [0.3, 0.4) is 0 Å². The van der Waals surface area contributed by atoms with Crippen molar-refractivity contribution in [2.75, 3.05) is 5.32 Å². The summed E-state index contributed by atoms with van der Waals surface area (Å²) < 4.78 is 0. The van der Waals surface area contributed by atoms with Crippen molar-refractivity contribution in [2.45, 2.75) is 0 Å². The van der Waals surface area contributed by atoms with Crippen LogP contribution in [0.5, 0.6) is 0 Å². The lowest BCUT2D eigenvalue weighted by atomic mass is 10.1. The van der Waals surface area contributed by atoms with E-state index in [1.165, 1.54) is 0 Å². The minimum atomic E-state index is -0.937. The van der Waals surface area contributed by atoms with Crippen molar-refractivity contribution in [2.24, 2.45) is 0 Å². The molecule has 0 radical (unpaired) electrons. The van der Waals surface area contributed by atoms with E-state index < -0.39 is 5.97 Å². The van der Waals surface area contributed by atoms with Gasteiger partial charge in [-0.25, -0.2) is 4.79 Å². The van der Waals surface area contributed by atoms with E-state index in [4.69, 9.17) is 5.11 Å². The smallest absolute Gasteiger partial charge is 0.335 e. The average Bonchev–Trinajstić information content (AvgIpc) is 2.48. The Balaban J connectivity index is 2.01. The maximum atomic E-state index is 11.0. The highest BCUT2D eigenvalue weighted by molar-refractivity contribution is 5.94. The molecule has 0 aliphatic heterocycles. The van der Waals surface area contributed by atoms with Crippen LogP contribution in [-0.4, -0.2) is 16.1 Å². The molecule has 20 heavy (non-hydrogen) atoms. The zero-order chi connectivity index (χ0) is 13.9. The van der Waals surface area contributed by atoms with Crippen molar-refractivity contribution in [3.8, 4) is 0 Å². The minimum Gasteiger partial charge on any atom is -0.478 e. The minimum absolute atomic E-state index is 0.258.